The smallest absolute Gasteiger partial charge is 0.352 e. The Kier molecular flexibility index (Phi) is 6.36. The first-order chi connectivity index (χ1) is 15.6. The molecule has 0 amide bonds. The molecule has 0 N–H and O–H groups in total. The van der Waals surface area contributed by atoms with E-state index in [1.807, 2.05) is 73.7 Å². The number of esters is 1. The van der Waals surface area contributed by atoms with Gasteiger partial charge in [-0.3, -0.25) is 0 Å². The second-order valence-electron chi connectivity index (χ2n) is 7.32. The van der Waals surface area contributed by atoms with Crippen molar-refractivity contribution in [1.82, 2.24) is 0 Å². The average molecular weight is 428 g/mol. The number of carbonyl (C=O) groups excluding carboxylic acids is 1. The molecule has 0 radical (unpaired) electrons. The van der Waals surface area contributed by atoms with E-state index in [9.17, 15) is 9.59 Å². The molecule has 0 aliphatic rings. The van der Waals surface area contributed by atoms with Gasteiger partial charge in [-0.2, -0.15) is 0 Å². The van der Waals surface area contributed by atoms with Crippen LogP contribution in [0, 0.1) is 0 Å². The molecule has 0 aliphatic carbocycles. The number of fused-ring (bicyclic) bond motifs is 1. The molecule has 5 nitrogen and oxygen atoms in total. The van der Waals surface area contributed by atoms with E-state index in [4.69, 9.17) is 13.9 Å². The first-order valence-corrected chi connectivity index (χ1v) is 10.6. The van der Waals surface area contributed by atoms with E-state index in [0.29, 0.717) is 23.3 Å². The minimum Gasteiger partial charge on any atom is -0.473 e. The summed E-state index contributed by atoms with van der Waals surface area (Å²) in [5, 5.41) is 0.812. The van der Waals surface area contributed by atoms with Crippen LogP contribution in [-0.4, -0.2) is 12.6 Å². The molecule has 0 spiro atoms. The molecule has 0 saturated heterocycles. The minimum absolute atomic E-state index is 0.249. The van der Waals surface area contributed by atoms with Crippen LogP contribution in [0.4, 0.5) is 0 Å². The van der Waals surface area contributed by atoms with E-state index in [1.54, 1.807) is 13.0 Å². The van der Waals surface area contributed by atoms with E-state index in [1.165, 1.54) is 6.07 Å². The highest BCUT2D eigenvalue weighted by molar-refractivity contribution is 5.94. The molecule has 0 aliphatic heterocycles. The van der Waals surface area contributed by atoms with Crippen molar-refractivity contribution in [2.24, 2.45) is 0 Å². The molecule has 1 aromatic heterocycles. The SMILES string of the molecule is CCOC(=O)C(Oc1cc2oc(=O)cc(-c3ccccc3)c2cc1CC)c1ccccc1. The Hall–Kier alpha value is -3.86. The van der Waals surface area contributed by atoms with Crippen molar-refractivity contribution in [2.45, 2.75) is 26.4 Å². The summed E-state index contributed by atoms with van der Waals surface area (Å²) in [6, 6.07) is 24.1. The van der Waals surface area contributed by atoms with E-state index in [-0.39, 0.29) is 6.61 Å². The molecule has 0 saturated carbocycles. The van der Waals surface area contributed by atoms with Crippen molar-refractivity contribution in [3.8, 4) is 16.9 Å². The average Bonchev–Trinajstić information content (AvgIpc) is 2.82. The molecule has 4 aromatic rings. The van der Waals surface area contributed by atoms with Gasteiger partial charge in [0.2, 0.25) is 6.10 Å². The van der Waals surface area contributed by atoms with Crippen molar-refractivity contribution >= 4 is 16.9 Å². The van der Waals surface area contributed by atoms with Crippen LogP contribution in [0.1, 0.15) is 31.1 Å². The molecule has 0 fully saturated rings. The van der Waals surface area contributed by atoms with Crippen LogP contribution in [0.5, 0.6) is 5.75 Å². The van der Waals surface area contributed by atoms with Crippen LogP contribution in [0.3, 0.4) is 0 Å². The lowest BCUT2D eigenvalue weighted by Crippen LogP contribution is -2.22. The predicted molar refractivity (Wildman–Crippen MR) is 124 cm³/mol. The number of hydrogen-bond donors (Lipinski definition) is 0. The fourth-order valence-electron chi connectivity index (χ4n) is 3.70. The first kappa shape index (κ1) is 21.4. The summed E-state index contributed by atoms with van der Waals surface area (Å²) in [6.45, 7) is 4.02. The monoisotopic (exact) mass is 428 g/mol. The lowest BCUT2D eigenvalue weighted by atomic mass is 9.99. The second-order valence-corrected chi connectivity index (χ2v) is 7.32. The first-order valence-electron chi connectivity index (χ1n) is 10.6. The maximum Gasteiger partial charge on any atom is 0.352 e. The van der Waals surface area contributed by atoms with Gasteiger partial charge >= 0.3 is 11.6 Å². The topological polar surface area (TPSA) is 65.7 Å². The Bertz CT molecular complexity index is 1280. The molecule has 1 unspecified atom stereocenters. The molecule has 4 rings (SSSR count). The van der Waals surface area contributed by atoms with Crippen LogP contribution in [0.15, 0.2) is 88.1 Å². The molecule has 1 atom stereocenters. The minimum atomic E-state index is -0.928. The van der Waals surface area contributed by atoms with Gasteiger partial charge in [0.1, 0.15) is 11.3 Å². The number of benzene rings is 3. The fraction of sp³-hybridized carbons (Fsp3) is 0.185. The summed E-state index contributed by atoms with van der Waals surface area (Å²) in [4.78, 5) is 25.0. The Morgan fingerprint density at radius 2 is 1.62 bits per heavy atom. The van der Waals surface area contributed by atoms with Crippen molar-refractivity contribution in [3.05, 3.63) is 100 Å². The van der Waals surface area contributed by atoms with Gasteiger partial charge in [0.25, 0.3) is 0 Å². The molecule has 3 aromatic carbocycles. The number of hydrogen-bond acceptors (Lipinski definition) is 5. The van der Waals surface area contributed by atoms with Gasteiger partial charge in [-0.25, -0.2) is 9.59 Å². The highest BCUT2D eigenvalue weighted by Crippen LogP contribution is 2.35. The maximum absolute atomic E-state index is 12.7. The zero-order valence-corrected chi connectivity index (χ0v) is 18.0. The number of rotatable bonds is 7. The molecule has 0 bridgehead atoms. The summed E-state index contributed by atoms with van der Waals surface area (Å²) in [7, 11) is 0. The van der Waals surface area contributed by atoms with E-state index in [0.717, 1.165) is 22.1 Å². The summed E-state index contributed by atoms with van der Waals surface area (Å²) < 4.78 is 17.0. The van der Waals surface area contributed by atoms with E-state index >= 15 is 0 Å². The van der Waals surface area contributed by atoms with Gasteiger partial charge in [-0.05, 0) is 36.1 Å². The third-order valence-electron chi connectivity index (χ3n) is 5.24. The maximum atomic E-state index is 12.7. The standard InChI is InChI=1S/C27H24O5/c1-3-18-15-22-21(19-11-7-5-8-12-19)16-25(28)31-24(22)17-23(18)32-26(27(29)30-4-2)20-13-9-6-10-14-20/h5-17,26H,3-4H2,1-2H3. The lowest BCUT2D eigenvalue weighted by molar-refractivity contribution is -0.151. The third-order valence-corrected chi connectivity index (χ3v) is 5.24. The highest BCUT2D eigenvalue weighted by Gasteiger charge is 2.25. The molecule has 5 heteroatoms. The Balaban J connectivity index is 1.83. The number of ether oxygens (including phenoxy) is 2. The largest absolute Gasteiger partial charge is 0.473 e. The zero-order chi connectivity index (χ0) is 22.5. The molecule has 32 heavy (non-hydrogen) atoms. The fourth-order valence-corrected chi connectivity index (χ4v) is 3.70. The van der Waals surface area contributed by atoms with Gasteiger partial charge in [0.05, 0.1) is 6.61 Å². The number of aryl methyl sites for hydroxylation is 1. The Morgan fingerprint density at radius 1 is 0.938 bits per heavy atom. The van der Waals surface area contributed by atoms with Crippen LogP contribution in [-0.2, 0) is 16.0 Å². The second kappa shape index (κ2) is 9.52. The van der Waals surface area contributed by atoms with Gasteiger partial charge in [0, 0.05) is 23.1 Å². The summed E-state index contributed by atoms with van der Waals surface area (Å²) in [5.41, 5.74) is 3.26. The van der Waals surface area contributed by atoms with Gasteiger partial charge in [-0.15, -0.1) is 0 Å². The molecule has 162 valence electrons. The van der Waals surface area contributed by atoms with E-state index < -0.39 is 17.7 Å². The van der Waals surface area contributed by atoms with Crippen molar-refractivity contribution in [3.63, 3.8) is 0 Å². The predicted octanol–water partition coefficient (Wildman–Crippen LogP) is 5.71. The Morgan fingerprint density at radius 3 is 2.28 bits per heavy atom. The normalized spacial score (nSPS) is 11.8. The summed E-state index contributed by atoms with van der Waals surface area (Å²) in [6.07, 6.45) is -0.258. The number of carbonyl (C=O) groups is 1. The summed E-state index contributed by atoms with van der Waals surface area (Å²) in [5.74, 6) is 0.00982. The van der Waals surface area contributed by atoms with E-state index in [2.05, 4.69) is 0 Å². The van der Waals surface area contributed by atoms with Gasteiger partial charge in [-0.1, -0.05) is 67.6 Å². The van der Waals surface area contributed by atoms with Gasteiger partial charge in [0.15, 0.2) is 0 Å². The summed E-state index contributed by atoms with van der Waals surface area (Å²) >= 11 is 0. The quantitative estimate of drug-likeness (QED) is 0.279. The van der Waals surface area contributed by atoms with Crippen LogP contribution in [0.25, 0.3) is 22.1 Å². The molecular weight excluding hydrogens is 404 g/mol. The van der Waals surface area contributed by atoms with Crippen molar-refractivity contribution in [1.29, 1.82) is 0 Å². The highest BCUT2D eigenvalue weighted by atomic mass is 16.6. The zero-order valence-electron chi connectivity index (χ0n) is 18.0. The van der Waals surface area contributed by atoms with Crippen molar-refractivity contribution in [2.75, 3.05) is 6.61 Å². The van der Waals surface area contributed by atoms with Crippen molar-refractivity contribution < 1.29 is 18.7 Å². The van der Waals surface area contributed by atoms with Crippen LogP contribution < -0.4 is 10.4 Å². The molecular formula is C27H24O5. The van der Waals surface area contributed by atoms with Crippen LogP contribution >= 0.6 is 0 Å². The molecule has 1 heterocycles. The van der Waals surface area contributed by atoms with Gasteiger partial charge < -0.3 is 13.9 Å². The Labute approximate surface area is 186 Å². The third kappa shape index (κ3) is 4.42. The lowest BCUT2D eigenvalue weighted by Gasteiger charge is -2.20. The van der Waals surface area contributed by atoms with Crippen LogP contribution in [0.2, 0.25) is 0 Å².